The third kappa shape index (κ3) is 2.72. The third-order valence-electron chi connectivity index (χ3n) is 5.82. The van der Waals surface area contributed by atoms with Gasteiger partial charge in [0.25, 0.3) is 5.56 Å². The van der Waals surface area contributed by atoms with E-state index in [1.165, 1.54) is 11.6 Å². The van der Waals surface area contributed by atoms with Gasteiger partial charge in [-0.05, 0) is 6.07 Å². The van der Waals surface area contributed by atoms with E-state index < -0.39 is 11.2 Å². The highest BCUT2D eigenvalue weighted by molar-refractivity contribution is 6.02. The first-order valence-corrected chi connectivity index (χ1v) is 10.3. The topological polar surface area (TPSA) is 100.0 Å². The molecule has 0 saturated heterocycles. The standard InChI is InChI=1S/C24H17N7O2/c1-29-22-20(23(32)30(2)24(29)33)25-16-13-17(14-9-5-3-6-10-14)31-21(19(16)26-22)18(27-28-31)15-11-7-4-8-12-15/h3-13H,1-2H3. The molecule has 0 spiro atoms. The SMILES string of the molecule is Cn1c(=O)c2nc3cc(-c4ccccc4)n4nnc(-c5ccccc5)c4c3nc2n(C)c1=O. The minimum Gasteiger partial charge on any atom is -0.279 e. The summed E-state index contributed by atoms with van der Waals surface area (Å²) in [7, 11) is 3.01. The lowest BCUT2D eigenvalue weighted by atomic mass is 10.1. The smallest absolute Gasteiger partial charge is 0.279 e. The number of aromatic nitrogens is 7. The normalized spacial score (nSPS) is 11.6. The molecule has 0 radical (unpaired) electrons. The van der Waals surface area contributed by atoms with Gasteiger partial charge in [-0.3, -0.25) is 13.9 Å². The van der Waals surface area contributed by atoms with Crippen molar-refractivity contribution in [1.29, 1.82) is 0 Å². The Morgan fingerprint density at radius 1 is 0.758 bits per heavy atom. The molecular formula is C24H17N7O2. The van der Waals surface area contributed by atoms with Crippen LogP contribution in [0.2, 0.25) is 0 Å². The van der Waals surface area contributed by atoms with Crippen LogP contribution in [0.1, 0.15) is 0 Å². The number of hydrogen-bond acceptors (Lipinski definition) is 6. The minimum atomic E-state index is -0.487. The summed E-state index contributed by atoms with van der Waals surface area (Å²) in [5.74, 6) is 0. The van der Waals surface area contributed by atoms with Gasteiger partial charge < -0.3 is 0 Å². The summed E-state index contributed by atoms with van der Waals surface area (Å²) in [4.78, 5) is 34.7. The van der Waals surface area contributed by atoms with Gasteiger partial charge in [-0.2, -0.15) is 0 Å². The summed E-state index contributed by atoms with van der Waals surface area (Å²) >= 11 is 0. The highest BCUT2D eigenvalue weighted by Crippen LogP contribution is 2.32. The Morgan fingerprint density at radius 3 is 2.12 bits per heavy atom. The van der Waals surface area contributed by atoms with Crippen molar-refractivity contribution in [2.45, 2.75) is 0 Å². The second kappa shape index (κ2) is 6.92. The highest BCUT2D eigenvalue weighted by atomic mass is 16.2. The van der Waals surface area contributed by atoms with Gasteiger partial charge in [-0.1, -0.05) is 65.9 Å². The van der Waals surface area contributed by atoms with Gasteiger partial charge in [0.15, 0.2) is 11.2 Å². The second-order valence-corrected chi connectivity index (χ2v) is 7.80. The number of hydrogen-bond donors (Lipinski definition) is 0. The number of aryl methyl sites for hydroxylation is 1. The van der Waals surface area contributed by atoms with Gasteiger partial charge in [0.2, 0.25) is 0 Å². The van der Waals surface area contributed by atoms with E-state index in [0.29, 0.717) is 22.2 Å². The van der Waals surface area contributed by atoms with Crippen LogP contribution in [0.4, 0.5) is 0 Å². The number of fused-ring (bicyclic) bond motifs is 4. The van der Waals surface area contributed by atoms with Crippen molar-refractivity contribution in [3.8, 4) is 22.5 Å². The molecule has 0 aliphatic heterocycles. The maximum absolute atomic E-state index is 12.8. The van der Waals surface area contributed by atoms with Crippen molar-refractivity contribution in [1.82, 2.24) is 33.9 Å². The number of benzene rings is 2. The summed E-state index contributed by atoms with van der Waals surface area (Å²) in [5, 5.41) is 8.90. The van der Waals surface area contributed by atoms with Crippen LogP contribution in [0.25, 0.3) is 50.2 Å². The van der Waals surface area contributed by atoms with Crippen LogP contribution in [0, 0.1) is 0 Å². The first kappa shape index (κ1) is 19.1. The molecule has 6 rings (SSSR count). The maximum Gasteiger partial charge on any atom is 0.332 e. The Kier molecular flexibility index (Phi) is 4.00. The predicted octanol–water partition coefficient (Wildman–Crippen LogP) is 2.56. The molecule has 0 fully saturated rings. The molecule has 2 aromatic carbocycles. The van der Waals surface area contributed by atoms with E-state index in [2.05, 4.69) is 15.3 Å². The van der Waals surface area contributed by atoms with Gasteiger partial charge in [0, 0.05) is 25.2 Å². The Labute approximate surface area is 186 Å². The Hall–Kier alpha value is -4.66. The first-order chi connectivity index (χ1) is 16.0. The molecule has 33 heavy (non-hydrogen) atoms. The van der Waals surface area contributed by atoms with Crippen LogP contribution in [-0.4, -0.2) is 33.9 Å². The summed E-state index contributed by atoms with van der Waals surface area (Å²) in [6.45, 7) is 0. The van der Waals surface area contributed by atoms with Gasteiger partial charge in [0.05, 0.1) is 11.2 Å². The molecule has 0 saturated carbocycles. The van der Waals surface area contributed by atoms with E-state index in [9.17, 15) is 9.59 Å². The van der Waals surface area contributed by atoms with Gasteiger partial charge in [0.1, 0.15) is 16.7 Å². The van der Waals surface area contributed by atoms with E-state index >= 15 is 0 Å². The molecule has 0 bridgehead atoms. The van der Waals surface area contributed by atoms with Gasteiger partial charge in [-0.15, -0.1) is 5.10 Å². The third-order valence-corrected chi connectivity index (χ3v) is 5.82. The zero-order valence-electron chi connectivity index (χ0n) is 17.8. The van der Waals surface area contributed by atoms with Crippen molar-refractivity contribution in [3.05, 3.63) is 87.6 Å². The fourth-order valence-electron chi connectivity index (χ4n) is 4.11. The molecule has 4 aromatic heterocycles. The molecule has 0 amide bonds. The molecule has 6 aromatic rings. The van der Waals surface area contributed by atoms with Crippen LogP contribution < -0.4 is 11.2 Å². The molecule has 0 aliphatic rings. The summed E-state index contributed by atoms with van der Waals surface area (Å²) < 4.78 is 4.10. The Bertz CT molecular complexity index is 1820. The van der Waals surface area contributed by atoms with E-state index in [0.717, 1.165) is 21.4 Å². The van der Waals surface area contributed by atoms with Crippen molar-refractivity contribution in [2.75, 3.05) is 0 Å². The molecule has 160 valence electrons. The quantitative estimate of drug-likeness (QED) is 0.388. The van der Waals surface area contributed by atoms with Crippen LogP contribution in [0.3, 0.4) is 0 Å². The molecule has 9 heteroatoms. The Balaban J connectivity index is 1.84. The van der Waals surface area contributed by atoms with E-state index in [4.69, 9.17) is 4.98 Å². The highest BCUT2D eigenvalue weighted by Gasteiger charge is 2.20. The van der Waals surface area contributed by atoms with Crippen molar-refractivity contribution in [2.24, 2.45) is 14.1 Å². The van der Waals surface area contributed by atoms with Gasteiger partial charge >= 0.3 is 5.69 Å². The van der Waals surface area contributed by atoms with E-state index in [1.807, 2.05) is 66.7 Å². The van der Waals surface area contributed by atoms with Crippen LogP contribution in [0.5, 0.6) is 0 Å². The molecule has 0 aliphatic carbocycles. The van der Waals surface area contributed by atoms with Crippen molar-refractivity contribution in [3.63, 3.8) is 0 Å². The monoisotopic (exact) mass is 435 g/mol. The molecular weight excluding hydrogens is 418 g/mol. The average Bonchev–Trinajstić information content (AvgIpc) is 3.31. The van der Waals surface area contributed by atoms with Crippen LogP contribution >= 0.6 is 0 Å². The van der Waals surface area contributed by atoms with E-state index in [-0.39, 0.29) is 11.2 Å². The maximum atomic E-state index is 12.8. The second-order valence-electron chi connectivity index (χ2n) is 7.80. The van der Waals surface area contributed by atoms with E-state index in [1.54, 1.807) is 11.6 Å². The average molecular weight is 435 g/mol. The molecule has 9 nitrogen and oxygen atoms in total. The largest absolute Gasteiger partial charge is 0.332 e. The predicted molar refractivity (Wildman–Crippen MR) is 125 cm³/mol. The summed E-state index contributed by atoms with van der Waals surface area (Å²) in [5.41, 5.74) is 4.27. The fourth-order valence-corrected chi connectivity index (χ4v) is 4.11. The zero-order chi connectivity index (χ0) is 22.7. The molecule has 4 heterocycles. The molecule has 0 atom stereocenters. The molecule has 0 N–H and O–H groups in total. The lowest BCUT2D eigenvalue weighted by molar-refractivity contribution is 0.706. The van der Waals surface area contributed by atoms with Crippen LogP contribution in [-0.2, 0) is 14.1 Å². The lowest BCUT2D eigenvalue weighted by Gasteiger charge is -2.11. The first-order valence-electron chi connectivity index (χ1n) is 10.3. The summed E-state index contributed by atoms with van der Waals surface area (Å²) in [6, 6.07) is 21.3. The zero-order valence-corrected chi connectivity index (χ0v) is 17.8. The number of rotatable bonds is 2. The summed E-state index contributed by atoms with van der Waals surface area (Å²) in [6.07, 6.45) is 0. The molecule has 0 unspecified atom stereocenters. The van der Waals surface area contributed by atoms with Crippen LogP contribution in [0.15, 0.2) is 76.3 Å². The Morgan fingerprint density at radius 2 is 1.42 bits per heavy atom. The lowest BCUT2D eigenvalue weighted by Crippen LogP contribution is -2.37. The number of pyridine rings is 1. The van der Waals surface area contributed by atoms with Gasteiger partial charge in [-0.25, -0.2) is 19.3 Å². The van der Waals surface area contributed by atoms with Crippen molar-refractivity contribution < 1.29 is 0 Å². The minimum absolute atomic E-state index is 0.129. The number of nitrogens with zero attached hydrogens (tertiary/aromatic N) is 7. The van der Waals surface area contributed by atoms with Crippen molar-refractivity contribution >= 4 is 27.7 Å². The fraction of sp³-hybridized carbons (Fsp3) is 0.0833.